The molecule has 0 fully saturated rings. The van der Waals surface area contributed by atoms with Crippen LogP contribution in [0.5, 0.6) is 0 Å². The first-order chi connectivity index (χ1) is 14.6. The lowest BCUT2D eigenvalue weighted by molar-refractivity contribution is 0.100. The Balaban J connectivity index is 1.57. The van der Waals surface area contributed by atoms with E-state index >= 15 is 0 Å². The van der Waals surface area contributed by atoms with E-state index in [0.717, 1.165) is 27.9 Å². The van der Waals surface area contributed by atoms with Crippen molar-refractivity contribution >= 4 is 22.6 Å². The first-order valence-electron chi connectivity index (χ1n) is 9.74. The lowest BCUT2D eigenvalue weighted by atomic mass is 10.1. The van der Waals surface area contributed by atoms with E-state index in [1.54, 1.807) is 6.07 Å². The van der Waals surface area contributed by atoms with Crippen LogP contribution in [0.15, 0.2) is 76.9 Å². The van der Waals surface area contributed by atoms with Crippen LogP contribution < -0.4 is 16.4 Å². The summed E-state index contributed by atoms with van der Waals surface area (Å²) in [6, 6.07) is 15.6. The fraction of sp³-hybridized carbons (Fsp3) is 0.130. The second-order valence-corrected chi connectivity index (χ2v) is 7.25. The van der Waals surface area contributed by atoms with Crippen LogP contribution >= 0.6 is 0 Å². The van der Waals surface area contributed by atoms with Gasteiger partial charge in [-0.15, -0.1) is 0 Å². The highest BCUT2D eigenvalue weighted by atomic mass is 16.5. The summed E-state index contributed by atoms with van der Waals surface area (Å²) >= 11 is 0. The average Bonchev–Trinajstić information content (AvgIpc) is 3.35. The zero-order chi connectivity index (χ0) is 20.7. The molecule has 0 radical (unpaired) electrons. The number of aromatic amines is 1. The molecule has 7 nitrogen and oxygen atoms in total. The van der Waals surface area contributed by atoms with Crippen LogP contribution in [0.3, 0.4) is 0 Å². The number of aromatic nitrogens is 1. The van der Waals surface area contributed by atoms with E-state index in [1.807, 2.05) is 43.3 Å². The van der Waals surface area contributed by atoms with Gasteiger partial charge >= 0.3 is 0 Å². The van der Waals surface area contributed by atoms with Gasteiger partial charge in [0.2, 0.25) is 0 Å². The first-order valence-corrected chi connectivity index (χ1v) is 9.74. The van der Waals surface area contributed by atoms with E-state index in [1.165, 1.54) is 0 Å². The average molecular weight is 399 g/mol. The molecule has 5 rings (SSSR count). The number of para-hydroxylation sites is 1. The van der Waals surface area contributed by atoms with Crippen molar-refractivity contribution in [2.45, 2.75) is 13.5 Å². The molecule has 0 bridgehead atoms. The molecule has 1 aromatic heterocycles. The third kappa shape index (κ3) is 3.00. The number of nitrogens with zero attached hydrogens (tertiary/aromatic N) is 1. The Hall–Kier alpha value is -4.00. The van der Waals surface area contributed by atoms with Gasteiger partial charge in [0, 0.05) is 23.2 Å². The van der Waals surface area contributed by atoms with Crippen molar-refractivity contribution in [1.29, 1.82) is 0 Å². The Morgan fingerprint density at radius 3 is 2.83 bits per heavy atom. The smallest absolute Gasteiger partial charge is 0.250 e. The lowest BCUT2D eigenvalue weighted by Gasteiger charge is -2.21. The molecule has 3 aromatic rings. The van der Waals surface area contributed by atoms with Gasteiger partial charge < -0.3 is 26.1 Å². The maximum atomic E-state index is 11.8. The molecule has 150 valence electrons. The Morgan fingerprint density at radius 2 is 2.03 bits per heavy atom. The molecule has 3 heterocycles. The van der Waals surface area contributed by atoms with E-state index in [2.05, 4.69) is 27.8 Å². The number of primary amides is 1. The van der Waals surface area contributed by atoms with Gasteiger partial charge in [0.25, 0.3) is 5.91 Å². The summed E-state index contributed by atoms with van der Waals surface area (Å²) in [5.41, 5.74) is 10.6. The van der Waals surface area contributed by atoms with E-state index in [9.17, 15) is 4.79 Å². The number of carbonyl (C=O) groups excluding carboxylic acids is 1. The molecule has 5 N–H and O–H groups in total. The predicted octanol–water partition coefficient (Wildman–Crippen LogP) is 2.80. The van der Waals surface area contributed by atoms with Crippen molar-refractivity contribution in [3.05, 3.63) is 94.3 Å². The highest BCUT2D eigenvalue weighted by Crippen LogP contribution is 2.30. The summed E-state index contributed by atoms with van der Waals surface area (Å²) in [5.74, 6) is 1.61. The van der Waals surface area contributed by atoms with E-state index in [-0.39, 0.29) is 0 Å². The topological polar surface area (TPSA) is 105 Å². The van der Waals surface area contributed by atoms with Crippen molar-refractivity contribution in [3.8, 4) is 0 Å². The van der Waals surface area contributed by atoms with Gasteiger partial charge in [-0.25, -0.2) is 4.99 Å². The zero-order valence-corrected chi connectivity index (χ0v) is 16.5. The molecule has 30 heavy (non-hydrogen) atoms. The Labute approximate surface area is 173 Å². The summed E-state index contributed by atoms with van der Waals surface area (Å²) in [6.45, 7) is 3.08. The van der Waals surface area contributed by atoms with Crippen LogP contribution in [0.25, 0.3) is 10.9 Å². The van der Waals surface area contributed by atoms with Gasteiger partial charge in [0.05, 0.1) is 16.8 Å². The molecule has 0 atom stereocenters. The van der Waals surface area contributed by atoms with E-state index < -0.39 is 5.91 Å². The molecule has 0 saturated carbocycles. The Morgan fingerprint density at radius 1 is 1.20 bits per heavy atom. The number of nitrogens with two attached hydrogens (primary N) is 1. The number of fused-ring (bicyclic) bond motifs is 2. The van der Waals surface area contributed by atoms with Crippen LogP contribution in [0.2, 0.25) is 0 Å². The zero-order valence-electron chi connectivity index (χ0n) is 16.5. The fourth-order valence-corrected chi connectivity index (χ4v) is 3.88. The van der Waals surface area contributed by atoms with Gasteiger partial charge in [-0.2, -0.15) is 0 Å². The summed E-state index contributed by atoms with van der Waals surface area (Å²) in [5, 5.41) is 7.67. The van der Waals surface area contributed by atoms with Crippen molar-refractivity contribution in [3.63, 3.8) is 0 Å². The number of amidine groups is 1. The molecule has 0 spiro atoms. The SMILES string of the molecule is Cc1[nH]c2c(C(N)=O)cccc2c1C1=NC(NCc2ccccc2)=C2OCC=C2N1. The van der Waals surface area contributed by atoms with Crippen molar-refractivity contribution < 1.29 is 9.53 Å². The number of H-pyrrole nitrogens is 1. The standard InChI is InChI=1S/C23H21N5O2/c1-13-18(15-8-5-9-16(21(24)29)19(15)26-13)22-27-17-10-11-30-20(17)23(28-22)25-12-14-6-3-2-4-7-14/h2-10,25-26H,11-12H2,1H3,(H2,24,29)(H,27,28). The second kappa shape index (κ2) is 7.11. The van der Waals surface area contributed by atoms with Crippen molar-refractivity contribution in [2.75, 3.05) is 6.61 Å². The summed E-state index contributed by atoms with van der Waals surface area (Å²) < 4.78 is 5.78. The van der Waals surface area contributed by atoms with Gasteiger partial charge in [0.15, 0.2) is 11.6 Å². The highest BCUT2D eigenvalue weighted by Gasteiger charge is 2.27. The predicted molar refractivity (Wildman–Crippen MR) is 116 cm³/mol. The maximum absolute atomic E-state index is 11.8. The molecular formula is C23H21N5O2. The number of hydrogen-bond acceptors (Lipinski definition) is 5. The van der Waals surface area contributed by atoms with Gasteiger partial charge in [-0.1, -0.05) is 42.5 Å². The Bertz CT molecular complexity index is 1250. The molecule has 7 heteroatoms. The third-order valence-corrected chi connectivity index (χ3v) is 5.28. The summed E-state index contributed by atoms with van der Waals surface area (Å²) in [7, 11) is 0. The number of hydrogen-bond donors (Lipinski definition) is 4. The molecule has 2 aliphatic heterocycles. The maximum Gasteiger partial charge on any atom is 0.250 e. The van der Waals surface area contributed by atoms with Gasteiger partial charge in [-0.05, 0) is 24.6 Å². The molecule has 2 aromatic carbocycles. The quantitative estimate of drug-likeness (QED) is 0.529. The van der Waals surface area contributed by atoms with E-state index in [0.29, 0.717) is 41.6 Å². The van der Waals surface area contributed by atoms with Crippen molar-refractivity contribution in [1.82, 2.24) is 15.6 Å². The van der Waals surface area contributed by atoms with E-state index in [4.69, 9.17) is 15.5 Å². The molecule has 2 aliphatic rings. The minimum Gasteiger partial charge on any atom is -0.483 e. The minimum absolute atomic E-state index is 0.459. The summed E-state index contributed by atoms with van der Waals surface area (Å²) in [4.78, 5) is 20.0. The van der Waals surface area contributed by atoms with Gasteiger partial charge in [-0.3, -0.25) is 4.79 Å². The molecule has 1 amide bonds. The fourth-order valence-electron chi connectivity index (χ4n) is 3.88. The number of rotatable bonds is 5. The number of benzene rings is 2. The normalized spacial score (nSPS) is 15.2. The van der Waals surface area contributed by atoms with Crippen LogP contribution in [0.4, 0.5) is 0 Å². The van der Waals surface area contributed by atoms with Crippen molar-refractivity contribution in [2.24, 2.45) is 10.7 Å². The highest BCUT2D eigenvalue weighted by molar-refractivity contribution is 6.16. The molecule has 0 unspecified atom stereocenters. The summed E-state index contributed by atoms with van der Waals surface area (Å²) in [6.07, 6.45) is 1.99. The number of carbonyl (C=O) groups is 1. The number of amides is 1. The third-order valence-electron chi connectivity index (χ3n) is 5.28. The molecule has 0 aliphatic carbocycles. The Kier molecular flexibility index (Phi) is 4.28. The monoisotopic (exact) mass is 399 g/mol. The molecule has 0 saturated heterocycles. The van der Waals surface area contributed by atoms with Crippen LogP contribution in [-0.2, 0) is 11.3 Å². The second-order valence-electron chi connectivity index (χ2n) is 7.25. The van der Waals surface area contributed by atoms with Crippen LogP contribution in [0.1, 0.15) is 27.2 Å². The molecular weight excluding hydrogens is 378 g/mol. The largest absolute Gasteiger partial charge is 0.483 e. The number of nitrogens with one attached hydrogen (secondary N) is 3. The minimum atomic E-state index is -0.466. The van der Waals surface area contributed by atoms with Crippen LogP contribution in [-0.4, -0.2) is 23.3 Å². The van der Waals surface area contributed by atoms with Crippen LogP contribution in [0, 0.1) is 6.92 Å². The number of aryl methyl sites for hydroxylation is 1. The first kappa shape index (κ1) is 18.1. The lowest BCUT2D eigenvalue weighted by Crippen LogP contribution is -2.31. The number of aliphatic imine (C=N–C) groups is 1. The number of ether oxygens (including phenoxy) is 1. The van der Waals surface area contributed by atoms with Gasteiger partial charge in [0.1, 0.15) is 12.4 Å².